The molecule has 1 aromatic carbocycles. The molecule has 4 nitrogen and oxygen atoms in total. The van der Waals surface area contributed by atoms with Crippen LogP contribution in [-0.4, -0.2) is 23.2 Å². The number of carboxylic acids is 1. The second kappa shape index (κ2) is 5.18. The number of halogens is 1. The summed E-state index contributed by atoms with van der Waals surface area (Å²) in [6, 6.07) is 5.63. The van der Waals surface area contributed by atoms with Crippen molar-refractivity contribution in [3.63, 3.8) is 0 Å². The van der Waals surface area contributed by atoms with E-state index in [1.165, 1.54) is 11.3 Å². The molecule has 20 heavy (non-hydrogen) atoms. The number of benzene rings is 1. The number of rotatable bonds is 4. The van der Waals surface area contributed by atoms with E-state index in [-0.39, 0.29) is 0 Å². The van der Waals surface area contributed by atoms with Crippen LogP contribution < -0.4 is 4.74 Å². The number of ether oxygens (including phenoxy) is 1. The maximum Gasteiger partial charge on any atom is 0.347 e. The van der Waals surface area contributed by atoms with Gasteiger partial charge in [0.05, 0.1) is 18.4 Å². The van der Waals surface area contributed by atoms with E-state index in [2.05, 4.69) is 20.9 Å². The molecule has 1 aliphatic rings. The second-order valence-electron chi connectivity index (χ2n) is 4.66. The van der Waals surface area contributed by atoms with Crippen molar-refractivity contribution in [3.05, 3.63) is 33.2 Å². The first-order valence-corrected chi connectivity index (χ1v) is 7.79. The molecule has 0 radical (unpaired) electrons. The van der Waals surface area contributed by atoms with Crippen LogP contribution in [0.5, 0.6) is 5.75 Å². The van der Waals surface area contributed by atoms with Gasteiger partial charge in [0.25, 0.3) is 0 Å². The highest BCUT2D eigenvalue weighted by Gasteiger charge is 2.32. The smallest absolute Gasteiger partial charge is 0.347 e. The lowest BCUT2D eigenvalue weighted by atomic mass is 10.2. The molecular weight excluding hydrogens is 342 g/mol. The monoisotopic (exact) mass is 353 g/mol. The fraction of sp³-hybridized carbons (Fsp3) is 0.286. The molecule has 1 aromatic heterocycles. The Morgan fingerprint density at radius 1 is 1.50 bits per heavy atom. The summed E-state index contributed by atoms with van der Waals surface area (Å²) in [5, 5.41) is 10.0. The van der Waals surface area contributed by atoms with Gasteiger partial charge in [-0.05, 0) is 31.0 Å². The van der Waals surface area contributed by atoms with E-state index in [1.54, 1.807) is 7.11 Å². The van der Waals surface area contributed by atoms with Crippen molar-refractivity contribution < 1.29 is 14.6 Å². The molecule has 1 aliphatic carbocycles. The largest absolute Gasteiger partial charge is 0.496 e. The summed E-state index contributed by atoms with van der Waals surface area (Å²) in [4.78, 5) is 16.3. The lowest BCUT2D eigenvalue weighted by Gasteiger charge is -2.06. The molecule has 104 valence electrons. The summed E-state index contributed by atoms with van der Waals surface area (Å²) in [5.74, 6) is 0.107. The first-order chi connectivity index (χ1) is 9.60. The quantitative estimate of drug-likeness (QED) is 0.896. The van der Waals surface area contributed by atoms with Crippen LogP contribution in [0.1, 0.15) is 34.1 Å². The maximum atomic E-state index is 11.3. The summed E-state index contributed by atoms with van der Waals surface area (Å²) in [6.07, 6.45) is 2.05. The molecule has 1 N–H and O–H groups in total. The van der Waals surface area contributed by atoms with E-state index >= 15 is 0 Å². The molecule has 3 rings (SSSR count). The van der Waals surface area contributed by atoms with Crippen molar-refractivity contribution in [2.24, 2.45) is 0 Å². The predicted octanol–water partition coefficient (Wildman–Crippen LogP) is 4.16. The highest BCUT2D eigenvalue weighted by Crippen LogP contribution is 2.45. The highest BCUT2D eigenvalue weighted by molar-refractivity contribution is 9.10. The topological polar surface area (TPSA) is 59.4 Å². The van der Waals surface area contributed by atoms with Crippen LogP contribution in [0.4, 0.5) is 0 Å². The minimum atomic E-state index is -0.899. The number of hydrogen-bond acceptors (Lipinski definition) is 4. The first kappa shape index (κ1) is 13.6. The van der Waals surface area contributed by atoms with Gasteiger partial charge in [-0.3, -0.25) is 0 Å². The van der Waals surface area contributed by atoms with Crippen LogP contribution >= 0.6 is 27.3 Å². The summed E-state index contributed by atoms with van der Waals surface area (Å²) >= 11 is 4.64. The number of methoxy groups -OCH3 is 1. The Balaban J connectivity index is 2.12. The lowest BCUT2D eigenvalue weighted by molar-refractivity contribution is 0.0700. The summed E-state index contributed by atoms with van der Waals surface area (Å²) < 4.78 is 6.25. The third kappa shape index (κ3) is 2.45. The number of nitrogens with zero attached hydrogens (tertiary/aromatic N) is 1. The second-order valence-corrected chi connectivity index (χ2v) is 6.57. The van der Waals surface area contributed by atoms with Gasteiger partial charge in [0.2, 0.25) is 0 Å². The zero-order valence-corrected chi connectivity index (χ0v) is 13.1. The first-order valence-electron chi connectivity index (χ1n) is 6.18. The van der Waals surface area contributed by atoms with Crippen LogP contribution in [0.2, 0.25) is 0 Å². The van der Waals surface area contributed by atoms with Gasteiger partial charge >= 0.3 is 5.97 Å². The zero-order valence-electron chi connectivity index (χ0n) is 10.7. The normalized spacial score (nSPS) is 14.3. The molecule has 0 aliphatic heterocycles. The number of thiazole rings is 1. The van der Waals surface area contributed by atoms with Crippen LogP contribution in [0.25, 0.3) is 10.6 Å². The summed E-state index contributed by atoms with van der Waals surface area (Å²) in [7, 11) is 1.60. The molecule has 0 spiro atoms. The Bertz CT molecular complexity index is 679. The Labute approximate surface area is 128 Å². The minimum Gasteiger partial charge on any atom is -0.496 e. The van der Waals surface area contributed by atoms with Crippen molar-refractivity contribution in [1.82, 2.24) is 4.98 Å². The van der Waals surface area contributed by atoms with Crippen LogP contribution in [0.3, 0.4) is 0 Å². The average molecular weight is 354 g/mol. The fourth-order valence-electron chi connectivity index (χ4n) is 2.08. The molecule has 6 heteroatoms. The summed E-state index contributed by atoms with van der Waals surface area (Å²) in [5.41, 5.74) is 1.54. The van der Waals surface area contributed by atoms with E-state index < -0.39 is 5.97 Å². The van der Waals surface area contributed by atoms with Gasteiger partial charge in [-0.1, -0.05) is 15.9 Å². The zero-order chi connectivity index (χ0) is 14.3. The van der Waals surface area contributed by atoms with Crippen molar-refractivity contribution in [1.29, 1.82) is 0 Å². The Kier molecular flexibility index (Phi) is 3.52. The van der Waals surface area contributed by atoms with Crippen LogP contribution in [0.15, 0.2) is 22.7 Å². The number of aromatic nitrogens is 1. The van der Waals surface area contributed by atoms with Crippen molar-refractivity contribution in [2.45, 2.75) is 18.8 Å². The van der Waals surface area contributed by atoms with Gasteiger partial charge in [-0.2, -0.15) is 0 Å². The van der Waals surface area contributed by atoms with Gasteiger partial charge < -0.3 is 9.84 Å². The van der Waals surface area contributed by atoms with Crippen LogP contribution in [-0.2, 0) is 0 Å². The molecule has 0 unspecified atom stereocenters. The molecule has 0 amide bonds. The van der Waals surface area contributed by atoms with Gasteiger partial charge in [0, 0.05) is 10.4 Å². The average Bonchev–Trinajstić information content (AvgIpc) is 3.17. The molecule has 2 aromatic rings. The highest BCUT2D eigenvalue weighted by atomic mass is 79.9. The third-order valence-electron chi connectivity index (χ3n) is 3.20. The van der Waals surface area contributed by atoms with E-state index in [9.17, 15) is 9.90 Å². The van der Waals surface area contributed by atoms with Crippen molar-refractivity contribution >= 4 is 33.2 Å². The van der Waals surface area contributed by atoms with Gasteiger partial charge in [-0.15, -0.1) is 11.3 Å². The molecular formula is C14H12BrNO3S. The van der Waals surface area contributed by atoms with E-state index in [1.807, 2.05) is 18.2 Å². The molecule has 1 heterocycles. The third-order valence-corrected chi connectivity index (χ3v) is 4.79. The van der Waals surface area contributed by atoms with Gasteiger partial charge in [0.1, 0.15) is 15.6 Å². The van der Waals surface area contributed by atoms with E-state index in [0.717, 1.165) is 28.6 Å². The Hall–Kier alpha value is -1.40. The van der Waals surface area contributed by atoms with Crippen LogP contribution in [0, 0.1) is 0 Å². The Morgan fingerprint density at radius 3 is 2.85 bits per heavy atom. The Morgan fingerprint density at radius 2 is 2.25 bits per heavy atom. The lowest BCUT2D eigenvalue weighted by Crippen LogP contribution is -1.97. The molecule has 1 fully saturated rings. The summed E-state index contributed by atoms with van der Waals surface area (Å²) in [6.45, 7) is 0. The van der Waals surface area contributed by atoms with Crippen molar-refractivity contribution in [2.75, 3.05) is 7.11 Å². The van der Waals surface area contributed by atoms with Gasteiger partial charge in [0.15, 0.2) is 0 Å². The van der Waals surface area contributed by atoms with Crippen molar-refractivity contribution in [3.8, 4) is 16.3 Å². The fourth-order valence-corrected chi connectivity index (χ4v) is 3.45. The van der Waals surface area contributed by atoms with Gasteiger partial charge in [-0.25, -0.2) is 9.78 Å². The molecule has 0 bridgehead atoms. The SMILES string of the molecule is COc1ccc(Br)cc1-c1nc(C2CC2)c(C(=O)O)s1. The number of carboxylic acid groups (broad SMARTS) is 1. The standard InChI is InChI=1S/C14H12BrNO3S/c1-19-10-5-4-8(15)6-9(10)13-16-11(7-2-3-7)12(20-13)14(17)18/h4-7H,2-3H2,1H3,(H,17,18). The minimum absolute atomic E-state index is 0.309. The number of hydrogen-bond donors (Lipinski definition) is 1. The molecule has 1 saturated carbocycles. The van der Waals surface area contributed by atoms with E-state index in [0.29, 0.717) is 21.6 Å². The number of aromatic carboxylic acids is 1. The predicted molar refractivity (Wildman–Crippen MR) is 80.7 cm³/mol. The van der Waals surface area contributed by atoms with E-state index in [4.69, 9.17) is 4.74 Å². The molecule has 0 saturated heterocycles. The molecule has 0 atom stereocenters. The maximum absolute atomic E-state index is 11.3. The number of carbonyl (C=O) groups is 1.